The number of Topliss-reactive ketones (excluding diaryl/α,β-unsaturated/α-hetero) is 2. The fourth-order valence-corrected chi connectivity index (χ4v) is 2.14. The van der Waals surface area contributed by atoms with Gasteiger partial charge >= 0.3 is 0 Å². The molecule has 0 radical (unpaired) electrons. The number of carbonyl (C=O) groups is 2. The zero-order valence-electron chi connectivity index (χ0n) is 15.4. The molecule has 0 spiro atoms. The molecule has 0 saturated carbocycles. The molecule has 0 aliphatic rings. The Morgan fingerprint density at radius 2 is 1.19 bits per heavy atom. The number of rotatable bonds is 5. The van der Waals surface area contributed by atoms with Crippen LogP contribution in [-0.2, 0) is 9.59 Å². The van der Waals surface area contributed by atoms with E-state index in [1.165, 1.54) is 19.1 Å². The van der Waals surface area contributed by atoms with Crippen LogP contribution in [0.2, 0.25) is 0 Å². The fourth-order valence-electron chi connectivity index (χ4n) is 2.14. The first kappa shape index (κ1) is 24.0. The molecule has 2 aromatic carbocycles. The van der Waals surface area contributed by atoms with E-state index in [1.54, 1.807) is 26.0 Å². The van der Waals surface area contributed by atoms with Crippen LogP contribution in [0.4, 0.5) is 11.4 Å². The van der Waals surface area contributed by atoms with Crippen LogP contribution < -0.4 is 5.73 Å². The van der Waals surface area contributed by atoms with Crippen molar-refractivity contribution in [2.45, 2.75) is 47.0 Å². The van der Waals surface area contributed by atoms with Gasteiger partial charge in [0.1, 0.15) is 11.6 Å². The van der Waals surface area contributed by atoms with Gasteiger partial charge in [-0.2, -0.15) is 0 Å². The second-order valence-electron chi connectivity index (χ2n) is 6.18. The Kier molecular flexibility index (Phi) is 9.64. The number of nitro groups is 1. The number of nitrogens with two attached hydrogens (primary N) is 1. The zero-order valence-corrected chi connectivity index (χ0v) is 15.4. The summed E-state index contributed by atoms with van der Waals surface area (Å²) in [6.45, 7) is 6.78. The predicted octanol–water partition coefficient (Wildman–Crippen LogP) is 4.88. The Labute approximate surface area is 160 Å². The third-order valence-corrected chi connectivity index (χ3v) is 4.26. The Morgan fingerprint density at radius 1 is 0.852 bits per heavy atom. The maximum Gasteiger partial charge on any atom is 0.269 e. The number of ketones is 2. The van der Waals surface area contributed by atoms with Crippen LogP contribution >= 0.6 is 0 Å². The first-order valence-electron chi connectivity index (χ1n) is 8.24. The summed E-state index contributed by atoms with van der Waals surface area (Å²) >= 11 is 0. The van der Waals surface area contributed by atoms with Crippen molar-refractivity contribution in [3.05, 3.63) is 69.8 Å². The van der Waals surface area contributed by atoms with Gasteiger partial charge in [-0.1, -0.05) is 45.5 Å². The SMILES string of the molecule is C.CC(=O)C(C)c1ccc(N)cc1.CC(=O)C(C)c1ccc([N+](=O)[O-])cc1. The van der Waals surface area contributed by atoms with E-state index < -0.39 is 4.92 Å². The van der Waals surface area contributed by atoms with Crippen LogP contribution in [0.25, 0.3) is 0 Å². The minimum absolute atomic E-state index is 0. The van der Waals surface area contributed by atoms with Crippen molar-refractivity contribution < 1.29 is 14.5 Å². The number of non-ortho nitro benzene ring substituents is 1. The first-order valence-corrected chi connectivity index (χ1v) is 8.24. The van der Waals surface area contributed by atoms with E-state index in [2.05, 4.69) is 0 Å². The molecule has 2 atom stereocenters. The van der Waals surface area contributed by atoms with Crippen LogP contribution in [0.3, 0.4) is 0 Å². The summed E-state index contributed by atoms with van der Waals surface area (Å²) in [5.41, 5.74) is 8.13. The van der Waals surface area contributed by atoms with E-state index in [1.807, 2.05) is 31.2 Å². The van der Waals surface area contributed by atoms with Gasteiger partial charge in [-0.25, -0.2) is 0 Å². The molecule has 6 heteroatoms. The van der Waals surface area contributed by atoms with Crippen molar-refractivity contribution in [1.29, 1.82) is 0 Å². The van der Waals surface area contributed by atoms with Crippen LogP contribution in [-0.4, -0.2) is 16.5 Å². The lowest BCUT2D eigenvalue weighted by Crippen LogP contribution is -2.03. The van der Waals surface area contributed by atoms with Crippen LogP contribution in [0, 0.1) is 10.1 Å². The topological polar surface area (TPSA) is 103 Å². The monoisotopic (exact) mass is 372 g/mol. The number of benzene rings is 2. The summed E-state index contributed by atoms with van der Waals surface area (Å²) in [6, 6.07) is 13.5. The molecule has 2 unspecified atom stereocenters. The minimum Gasteiger partial charge on any atom is -0.399 e. The van der Waals surface area contributed by atoms with Crippen LogP contribution in [0.5, 0.6) is 0 Å². The summed E-state index contributed by atoms with van der Waals surface area (Å²) in [5.74, 6) is 0.0139. The molecule has 0 bridgehead atoms. The van der Waals surface area contributed by atoms with E-state index in [4.69, 9.17) is 5.73 Å². The largest absolute Gasteiger partial charge is 0.399 e. The maximum absolute atomic E-state index is 11.0. The second kappa shape index (κ2) is 10.9. The van der Waals surface area contributed by atoms with Crippen molar-refractivity contribution >= 4 is 22.9 Å². The fraction of sp³-hybridized carbons (Fsp3) is 0.333. The Bertz CT molecular complexity index is 768. The molecule has 0 saturated heterocycles. The number of nitro benzene ring substituents is 1. The summed E-state index contributed by atoms with van der Waals surface area (Å²) in [7, 11) is 0. The lowest BCUT2D eigenvalue weighted by Gasteiger charge is -2.07. The van der Waals surface area contributed by atoms with E-state index in [0.717, 1.165) is 16.8 Å². The van der Waals surface area contributed by atoms with Gasteiger partial charge in [0.25, 0.3) is 5.69 Å². The Morgan fingerprint density at radius 3 is 1.48 bits per heavy atom. The molecule has 0 amide bonds. The number of hydrogen-bond acceptors (Lipinski definition) is 5. The number of carbonyl (C=O) groups excluding carboxylic acids is 2. The Hall–Kier alpha value is -3.02. The third kappa shape index (κ3) is 7.40. The summed E-state index contributed by atoms with van der Waals surface area (Å²) < 4.78 is 0. The molecule has 2 aromatic rings. The summed E-state index contributed by atoms with van der Waals surface area (Å²) in [5, 5.41) is 10.4. The average Bonchev–Trinajstić information content (AvgIpc) is 2.61. The van der Waals surface area contributed by atoms with Gasteiger partial charge in [0, 0.05) is 29.7 Å². The highest BCUT2D eigenvalue weighted by molar-refractivity contribution is 5.83. The van der Waals surface area contributed by atoms with Gasteiger partial charge in [-0.05, 0) is 37.1 Å². The van der Waals surface area contributed by atoms with Crippen molar-refractivity contribution in [3.8, 4) is 0 Å². The van der Waals surface area contributed by atoms with E-state index in [-0.39, 0.29) is 36.5 Å². The Balaban J connectivity index is 0.000000488. The highest BCUT2D eigenvalue weighted by Crippen LogP contribution is 2.19. The molecule has 0 aliphatic heterocycles. The minimum atomic E-state index is -0.456. The first-order chi connectivity index (χ1) is 12.1. The van der Waals surface area contributed by atoms with Crippen molar-refractivity contribution in [2.75, 3.05) is 5.73 Å². The van der Waals surface area contributed by atoms with Crippen LogP contribution in [0.15, 0.2) is 48.5 Å². The van der Waals surface area contributed by atoms with Crippen molar-refractivity contribution in [1.82, 2.24) is 0 Å². The lowest BCUT2D eigenvalue weighted by molar-refractivity contribution is -0.384. The molecule has 146 valence electrons. The number of hydrogen-bond donors (Lipinski definition) is 1. The van der Waals surface area contributed by atoms with E-state index in [9.17, 15) is 19.7 Å². The highest BCUT2D eigenvalue weighted by atomic mass is 16.6. The number of nitrogens with zero attached hydrogens (tertiary/aromatic N) is 1. The van der Waals surface area contributed by atoms with E-state index >= 15 is 0 Å². The molecule has 0 aliphatic carbocycles. The van der Waals surface area contributed by atoms with Crippen molar-refractivity contribution in [2.24, 2.45) is 0 Å². The van der Waals surface area contributed by atoms with E-state index in [0.29, 0.717) is 0 Å². The molecule has 6 nitrogen and oxygen atoms in total. The molecule has 2 rings (SSSR count). The molecule has 27 heavy (non-hydrogen) atoms. The van der Waals surface area contributed by atoms with Gasteiger partial charge in [-0.15, -0.1) is 0 Å². The third-order valence-electron chi connectivity index (χ3n) is 4.26. The number of anilines is 1. The average molecular weight is 372 g/mol. The normalized spacial score (nSPS) is 11.9. The quantitative estimate of drug-likeness (QED) is 0.457. The standard InChI is InChI=1S/C10H11NO3.C10H13NO.CH4/c1-7(8(2)12)9-3-5-10(6-4-9)11(13)14;1-7(8(2)12)9-3-5-10(11)6-4-9;/h3-7H,1-2H3;3-7H,11H2,1-2H3;1H4. The zero-order chi connectivity index (χ0) is 19.9. The maximum atomic E-state index is 11.0. The van der Waals surface area contributed by atoms with Gasteiger partial charge in [0.15, 0.2) is 0 Å². The molecule has 0 heterocycles. The highest BCUT2D eigenvalue weighted by Gasteiger charge is 2.12. The second-order valence-corrected chi connectivity index (χ2v) is 6.18. The van der Waals surface area contributed by atoms with Crippen LogP contribution in [0.1, 0.15) is 58.1 Å². The molecular formula is C21H28N2O4. The predicted molar refractivity (Wildman–Crippen MR) is 109 cm³/mol. The summed E-state index contributed by atoms with van der Waals surface area (Å²) in [6.07, 6.45) is 0. The van der Waals surface area contributed by atoms with Gasteiger partial charge < -0.3 is 5.73 Å². The summed E-state index contributed by atoms with van der Waals surface area (Å²) in [4.78, 5) is 31.9. The molecular weight excluding hydrogens is 344 g/mol. The smallest absolute Gasteiger partial charge is 0.269 e. The lowest BCUT2D eigenvalue weighted by atomic mass is 9.98. The van der Waals surface area contributed by atoms with Crippen molar-refractivity contribution in [3.63, 3.8) is 0 Å². The molecule has 0 aromatic heterocycles. The molecule has 2 N–H and O–H groups in total. The number of nitrogen functional groups attached to an aromatic ring is 1. The van der Waals surface area contributed by atoms with Gasteiger partial charge in [-0.3, -0.25) is 19.7 Å². The van der Waals surface area contributed by atoms with Gasteiger partial charge in [0.05, 0.1) is 4.92 Å². The molecule has 0 fully saturated rings. The van der Waals surface area contributed by atoms with Gasteiger partial charge in [0.2, 0.25) is 0 Å².